The predicted molar refractivity (Wildman–Crippen MR) is 550 cm³/mol. The van der Waals surface area contributed by atoms with E-state index in [1.807, 2.05) is 291 Å². The van der Waals surface area contributed by atoms with E-state index in [1.165, 1.54) is 0 Å². The molecule has 0 unspecified atom stereocenters. The highest BCUT2D eigenvalue weighted by Gasteiger charge is 2.28. The average Bonchev–Trinajstić information content (AvgIpc) is 1.60. The third-order valence-electron chi connectivity index (χ3n) is 24.5. The fourth-order valence-corrected chi connectivity index (χ4v) is 18.5. The number of nitrogens with zero attached hydrogens (tertiary/aromatic N) is 11. The van der Waals surface area contributed by atoms with E-state index in [1.54, 1.807) is 49.1 Å². The van der Waals surface area contributed by atoms with E-state index < -0.39 is 28.5 Å². The zero-order valence-corrected chi connectivity index (χ0v) is 73.0. The SMILES string of the molecule is OB(O)c1cccc2c1c1ccccc1n2-c1cc(-c2ccccc2)cc(-c2ccccc2)n1.OB(O)c1cccc2c1c1ccccc1n2-c1cc(-c2ccccc2)nc(-c2ccccc2)c1.OB(O)c1cccc2c1c1ccccc1n2-c1cc(-c2ccccn2)cc(-c2ccccn2)c1.OB(O)c1cccc2c1c1ccccc1n2-c1cc(-c2ccccn2)nc(-c2ccccn2)c1. The summed E-state index contributed by atoms with van der Waals surface area (Å²) in [5, 5.41) is 87.7. The van der Waals surface area contributed by atoms with E-state index in [0.717, 1.165) is 200 Å². The Bertz CT molecular complexity index is 7280. The number of fused-ring (bicyclic) bond motifs is 12. The highest BCUT2D eigenvalue weighted by molar-refractivity contribution is 6.64. The number of rotatable bonds is 16. The Hall–Kier alpha value is -17.0. The fourth-order valence-electron chi connectivity index (χ4n) is 18.5. The molecule has 0 aliphatic heterocycles. The van der Waals surface area contributed by atoms with Crippen molar-refractivity contribution in [1.29, 1.82) is 0 Å². The van der Waals surface area contributed by atoms with E-state index in [9.17, 15) is 40.2 Å². The quantitative estimate of drug-likeness (QED) is 0.0418. The molecular formula is C113H81B4N11O8. The summed E-state index contributed by atoms with van der Waals surface area (Å²) in [5.74, 6) is 0.774. The van der Waals surface area contributed by atoms with Crippen LogP contribution in [0.5, 0.6) is 0 Å². The Morgan fingerprint density at radius 3 is 0.765 bits per heavy atom. The van der Waals surface area contributed by atoms with Gasteiger partial charge >= 0.3 is 28.5 Å². The van der Waals surface area contributed by atoms with E-state index >= 15 is 0 Å². The second-order valence-electron chi connectivity index (χ2n) is 32.8. The number of hydrogen-bond donors (Lipinski definition) is 8. The summed E-state index contributed by atoms with van der Waals surface area (Å²) in [6.07, 6.45) is 7.08. The topological polar surface area (TPSA) is 272 Å². The van der Waals surface area contributed by atoms with Crippen LogP contribution < -0.4 is 21.9 Å². The Labute approximate surface area is 782 Å². The monoisotopic (exact) mass is 1760 g/mol. The number of aromatic nitrogens is 11. The van der Waals surface area contributed by atoms with Crippen LogP contribution in [0.4, 0.5) is 0 Å². The first-order chi connectivity index (χ1) is 66.8. The van der Waals surface area contributed by atoms with E-state index in [0.29, 0.717) is 21.9 Å². The summed E-state index contributed by atoms with van der Waals surface area (Å²) in [4.78, 5) is 33.1. The van der Waals surface area contributed by atoms with Crippen LogP contribution in [0.3, 0.4) is 0 Å². The minimum atomic E-state index is -1.58. The van der Waals surface area contributed by atoms with Crippen molar-refractivity contribution in [3.63, 3.8) is 0 Å². The van der Waals surface area contributed by atoms with Gasteiger partial charge in [-0.05, 0) is 185 Å². The van der Waals surface area contributed by atoms with Gasteiger partial charge in [-0.3, -0.25) is 24.5 Å². The molecule has 0 spiro atoms. The van der Waals surface area contributed by atoms with Crippen molar-refractivity contribution in [1.82, 2.24) is 53.2 Å². The normalized spacial score (nSPS) is 11.2. The van der Waals surface area contributed by atoms with Crippen molar-refractivity contribution in [3.05, 3.63) is 443 Å². The molecule has 13 aromatic carbocycles. The van der Waals surface area contributed by atoms with Gasteiger partial charge in [0.2, 0.25) is 0 Å². The summed E-state index contributed by atoms with van der Waals surface area (Å²) in [7, 11) is -6.26. The second kappa shape index (κ2) is 37.7. The lowest BCUT2D eigenvalue weighted by atomic mass is 9.77. The van der Waals surface area contributed by atoms with E-state index in [4.69, 9.17) is 15.0 Å². The molecule has 0 saturated carbocycles. The van der Waals surface area contributed by atoms with Gasteiger partial charge in [0.15, 0.2) is 0 Å². The largest absolute Gasteiger partial charge is 0.489 e. The van der Waals surface area contributed by atoms with Gasteiger partial charge in [0.1, 0.15) is 5.82 Å². The maximum absolute atomic E-state index is 10.1. The van der Waals surface area contributed by atoms with Crippen molar-refractivity contribution in [2.75, 3.05) is 0 Å². The molecular weight excluding hydrogens is 1680 g/mol. The molecule has 24 rings (SSSR count). The van der Waals surface area contributed by atoms with Gasteiger partial charge in [0.05, 0.1) is 107 Å². The van der Waals surface area contributed by atoms with Crippen LogP contribution in [-0.4, -0.2) is 122 Å². The molecule has 0 saturated heterocycles. The summed E-state index contributed by atoms with van der Waals surface area (Å²) >= 11 is 0. The van der Waals surface area contributed by atoms with Crippen molar-refractivity contribution in [2.24, 2.45) is 0 Å². The van der Waals surface area contributed by atoms with E-state index in [2.05, 4.69) is 141 Å². The average molecular weight is 1760 g/mol. The summed E-state index contributed by atoms with van der Waals surface area (Å²) in [6, 6.07) is 137. The lowest BCUT2D eigenvalue weighted by Crippen LogP contribution is -2.30. The summed E-state index contributed by atoms with van der Waals surface area (Å²) in [5.41, 5.74) is 26.7. The predicted octanol–water partition coefficient (Wildman–Crippen LogP) is 19.0. The Balaban J connectivity index is 0.000000108. The zero-order valence-electron chi connectivity index (χ0n) is 73.0. The number of para-hydroxylation sites is 4. The van der Waals surface area contributed by atoms with Crippen molar-refractivity contribution >= 4 is 138 Å². The Kier molecular flexibility index (Phi) is 23.8. The van der Waals surface area contributed by atoms with Crippen LogP contribution >= 0.6 is 0 Å². The molecule has 8 N–H and O–H groups in total. The Morgan fingerprint density at radius 2 is 0.434 bits per heavy atom. The molecule has 23 heteroatoms. The van der Waals surface area contributed by atoms with Crippen molar-refractivity contribution in [2.45, 2.75) is 0 Å². The van der Waals surface area contributed by atoms with Gasteiger partial charge in [0, 0.05) is 101 Å². The highest BCUT2D eigenvalue weighted by atomic mass is 16.4. The number of pyridine rings is 7. The molecule has 0 amide bonds. The molecule has 0 atom stereocenters. The number of hydrogen-bond acceptors (Lipinski definition) is 15. The van der Waals surface area contributed by atoms with Gasteiger partial charge in [0.25, 0.3) is 0 Å². The smallest absolute Gasteiger partial charge is 0.423 e. The molecule has 136 heavy (non-hydrogen) atoms. The van der Waals surface area contributed by atoms with Crippen molar-refractivity contribution < 1.29 is 40.2 Å². The summed E-state index contributed by atoms with van der Waals surface area (Å²) < 4.78 is 8.57. The zero-order chi connectivity index (χ0) is 92.3. The van der Waals surface area contributed by atoms with Crippen LogP contribution in [-0.2, 0) is 0 Å². The second-order valence-corrected chi connectivity index (χ2v) is 32.8. The summed E-state index contributed by atoms with van der Waals surface area (Å²) in [6.45, 7) is 0. The molecule has 11 aromatic heterocycles. The van der Waals surface area contributed by atoms with Gasteiger partial charge in [-0.1, -0.05) is 267 Å². The van der Waals surface area contributed by atoms with Crippen LogP contribution in [0.1, 0.15) is 0 Å². The van der Waals surface area contributed by atoms with Gasteiger partial charge in [-0.15, -0.1) is 0 Å². The first-order valence-corrected chi connectivity index (χ1v) is 44.5. The van der Waals surface area contributed by atoms with E-state index in [-0.39, 0.29) is 0 Å². The molecule has 19 nitrogen and oxygen atoms in total. The molecule has 648 valence electrons. The first-order valence-electron chi connectivity index (χ1n) is 44.5. The molecule has 0 bridgehead atoms. The van der Waals surface area contributed by atoms with Gasteiger partial charge < -0.3 is 53.9 Å². The maximum atomic E-state index is 10.1. The molecule has 0 radical (unpaired) electrons. The van der Waals surface area contributed by atoms with Crippen LogP contribution in [0.25, 0.3) is 200 Å². The maximum Gasteiger partial charge on any atom is 0.489 e. The Morgan fingerprint density at radius 1 is 0.169 bits per heavy atom. The molecule has 0 aliphatic carbocycles. The molecule has 0 fully saturated rings. The third kappa shape index (κ3) is 16.7. The number of benzene rings is 13. The first kappa shape index (κ1) is 85.8. The third-order valence-corrected chi connectivity index (χ3v) is 24.5. The molecule has 24 aromatic rings. The van der Waals surface area contributed by atoms with Crippen LogP contribution in [0.2, 0.25) is 0 Å². The highest BCUT2D eigenvalue weighted by Crippen LogP contribution is 2.41. The minimum Gasteiger partial charge on any atom is -0.423 e. The lowest BCUT2D eigenvalue weighted by Gasteiger charge is -2.13. The lowest BCUT2D eigenvalue weighted by molar-refractivity contribution is 0.425. The van der Waals surface area contributed by atoms with Gasteiger partial charge in [-0.2, -0.15) is 0 Å². The van der Waals surface area contributed by atoms with Crippen LogP contribution in [0.15, 0.2) is 443 Å². The minimum absolute atomic E-state index is 0.469. The molecule has 0 aliphatic rings. The van der Waals surface area contributed by atoms with Crippen LogP contribution in [0, 0.1) is 0 Å². The molecule has 11 heterocycles. The fraction of sp³-hybridized carbons (Fsp3) is 0. The van der Waals surface area contributed by atoms with Crippen molar-refractivity contribution in [3.8, 4) is 113 Å². The van der Waals surface area contributed by atoms with Gasteiger partial charge in [-0.25, -0.2) is 15.0 Å². The standard InChI is InChI=1S/2C29H21BN2O2.C28H20BN3O2.C27H19BN4O2/c33-30(34)24-15-9-17-28-29(24)23-14-7-8-16-27(23)32(28)22-18-25(20-10-3-1-4-11-20)31-26(19-22)21-12-5-2-6-13-21;33-30(34)24-15-9-17-27-29(24)23-14-7-8-16-26(23)32(27)28-19-22(20-10-3-1-4-11-20)18-25(31-28)21-12-5-2-6-13-21;33-29(34)23-9-7-13-27-28(23)22-8-1-2-12-26(22)32(27)21-17-19(24-10-3-5-14-30-24)16-20(18-21)25-11-4-6-15-31-25;33-28(34)20-9-7-13-26-27(20)19-8-1-2-12-25(19)32(26)18-16-23(21-10-3-5-14-29-21)31-24(17-18)22-11-4-6-15-30-22/h2*1-19,33-34H;1-18,33-34H;1-17,33-34H.